The van der Waals surface area contributed by atoms with Crippen LogP contribution in [0.3, 0.4) is 0 Å². The predicted molar refractivity (Wildman–Crippen MR) is 124 cm³/mol. The van der Waals surface area contributed by atoms with Crippen LogP contribution in [0.5, 0.6) is 0 Å². The number of amides is 2. The summed E-state index contributed by atoms with van der Waals surface area (Å²) in [6.45, 7) is 4.25. The van der Waals surface area contributed by atoms with E-state index in [0.717, 1.165) is 28.1 Å². The van der Waals surface area contributed by atoms with Crippen molar-refractivity contribution in [3.05, 3.63) is 64.1 Å². The number of nitrogens with one attached hydrogen (secondary N) is 1. The molecule has 2 aromatic carbocycles. The third-order valence-corrected chi connectivity index (χ3v) is 7.16. The largest absolute Gasteiger partial charge is 0.349 e. The summed E-state index contributed by atoms with van der Waals surface area (Å²) < 4.78 is 0. The van der Waals surface area contributed by atoms with E-state index < -0.39 is 0 Å². The Kier molecular flexibility index (Phi) is 6.00. The van der Waals surface area contributed by atoms with Gasteiger partial charge in [-0.25, -0.2) is 0 Å². The molecule has 4 nitrogen and oxygen atoms in total. The fourth-order valence-electron chi connectivity index (χ4n) is 4.23. The molecule has 0 unspecified atom stereocenters. The van der Waals surface area contributed by atoms with Gasteiger partial charge in [0.2, 0.25) is 0 Å². The van der Waals surface area contributed by atoms with Crippen LogP contribution in [0, 0.1) is 12.8 Å². The molecule has 30 heavy (non-hydrogen) atoms. The molecule has 156 valence electrons. The Bertz CT molecular complexity index is 1010. The summed E-state index contributed by atoms with van der Waals surface area (Å²) in [5.41, 5.74) is 3.57. The van der Waals surface area contributed by atoms with E-state index >= 15 is 0 Å². The van der Waals surface area contributed by atoms with Crippen molar-refractivity contribution in [3.63, 3.8) is 0 Å². The molecule has 1 N–H and O–H groups in total. The van der Waals surface area contributed by atoms with E-state index in [2.05, 4.69) is 18.3 Å². The maximum atomic E-state index is 13.0. The number of benzene rings is 2. The molecule has 0 bridgehead atoms. The van der Waals surface area contributed by atoms with Gasteiger partial charge < -0.3 is 10.2 Å². The van der Waals surface area contributed by atoms with Gasteiger partial charge in [0.15, 0.2) is 0 Å². The molecule has 2 atom stereocenters. The van der Waals surface area contributed by atoms with E-state index in [0.29, 0.717) is 16.4 Å². The number of carbonyl (C=O) groups excluding carboxylic acids is 2. The lowest BCUT2D eigenvalue weighted by Crippen LogP contribution is -2.41. The number of hydrogen-bond donors (Lipinski definition) is 1. The molecular formula is C25H28N2O2S. The molecule has 2 amide bonds. The zero-order valence-corrected chi connectivity index (χ0v) is 18.6. The minimum Gasteiger partial charge on any atom is -0.349 e. The average Bonchev–Trinajstić information content (AvgIpc) is 2.73. The topological polar surface area (TPSA) is 49.4 Å². The molecule has 5 heteroatoms. The van der Waals surface area contributed by atoms with Crippen LogP contribution in [-0.4, -0.2) is 24.9 Å². The molecule has 2 aromatic rings. The number of fused-ring (bicyclic) bond motifs is 1. The average molecular weight is 421 g/mol. The van der Waals surface area contributed by atoms with E-state index in [9.17, 15) is 9.59 Å². The summed E-state index contributed by atoms with van der Waals surface area (Å²) >= 11 is 1.46. The monoisotopic (exact) mass is 420 g/mol. The number of nitrogens with zero attached hydrogens (tertiary/aromatic N) is 1. The standard InChI is InChI=1S/C25H28N2O2S/c1-16-7-6-9-18(13-16)14-23-25(29)27(3)21-15-19(11-12-22(21)30-23)24(28)26-20-10-5-4-8-17(20)2/h6-7,9,11-15,17,20H,4-5,8,10H2,1-3H3,(H,26,28)/b23-14-/t17-,20+/m1/s1. The molecule has 0 saturated heterocycles. The SMILES string of the molecule is Cc1cccc(/C=C2\Sc3ccc(C(=O)N[C@H]4CCCC[C@H]4C)cc3N(C)C2=O)c1. The molecule has 0 radical (unpaired) electrons. The maximum Gasteiger partial charge on any atom is 0.264 e. The lowest BCUT2D eigenvalue weighted by atomic mass is 9.86. The Labute approximate surface area is 182 Å². The number of anilines is 1. The molecular weight excluding hydrogens is 392 g/mol. The van der Waals surface area contributed by atoms with Crippen LogP contribution in [0.2, 0.25) is 0 Å². The highest BCUT2D eigenvalue weighted by molar-refractivity contribution is 8.04. The first-order valence-electron chi connectivity index (χ1n) is 10.6. The Morgan fingerprint density at radius 1 is 1.17 bits per heavy atom. The third-order valence-electron chi connectivity index (χ3n) is 6.09. The van der Waals surface area contributed by atoms with Gasteiger partial charge in [-0.1, -0.05) is 61.4 Å². The highest BCUT2D eigenvalue weighted by Crippen LogP contribution is 2.42. The van der Waals surface area contributed by atoms with Crippen molar-refractivity contribution in [1.82, 2.24) is 5.32 Å². The van der Waals surface area contributed by atoms with Crippen LogP contribution >= 0.6 is 11.8 Å². The maximum absolute atomic E-state index is 13.0. The first-order chi connectivity index (χ1) is 14.4. The number of carbonyl (C=O) groups is 2. The van der Waals surface area contributed by atoms with Gasteiger partial charge in [0, 0.05) is 23.5 Å². The van der Waals surface area contributed by atoms with Gasteiger partial charge in [0.1, 0.15) is 0 Å². The van der Waals surface area contributed by atoms with Crippen molar-refractivity contribution >= 4 is 35.3 Å². The van der Waals surface area contributed by atoms with Gasteiger partial charge in [-0.3, -0.25) is 9.59 Å². The summed E-state index contributed by atoms with van der Waals surface area (Å²) in [5, 5.41) is 3.20. The first kappa shape index (κ1) is 20.7. The second-order valence-electron chi connectivity index (χ2n) is 8.41. The lowest BCUT2D eigenvalue weighted by Gasteiger charge is -2.30. The summed E-state index contributed by atoms with van der Waals surface area (Å²) in [7, 11) is 1.77. The van der Waals surface area contributed by atoms with Crippen molar-refractivity contribution in [2.45, 2.75) is 50.5 Å². The molecule has 0 spiro atoms. The minimum absolute atomic E-state index is 0.0486. The number of hydrogen-bond acceptors (Lipinski definition) is 3. The number of likely N-dealkylation sites (N-methyl/N-ethyl adjacent to an activating group) is 1. The summed E-state index contributed by atoms with van der Waals surface area (Å²) in [4.78, 5) is 29.1. The van der Waals surface area contributed by atoms with Gasteiger partial charge in [0.05, 0.1) is 10.6 Å². The van der Waals surface area contributed by atoms with Gasteiger partial charge in [-0.15, -0.1) is 0 Å². The smallest absolute Gasteiger partial charge is 0.264 e. The van der Waals surface area contributed by atoms with Crippen molar-refractivity contribution in [2.24, 2.45) is 5.92 Å². The number of aryl methyl sites for hydroxylation is 1. The molecule has 1 aliphatic carbocycles. The fourth-order valence-corrected chi connectivity index (χ4v) is 5.32. The first-order valence-corrected chi connectivity index (χ1v) is 11.4. The molecule has 1 saturated carbocycles. The van der Waals surface area contributed by atoms with Crippen molar-refractivity contribution in [1.29, 1.82) is 0 Å². The van der Waals surface area contributed by atoms with Crippen molar-refractivity contribution < 1.29 is 9.59 Å². The summed E-state index contributed by atoms with van der Waals surface area (Å²) in [6.07, 6.45) is 6.56. The Hall–Kier alpha value is -2.53. The third kappa shape index (κ3) is 4.31. The Morgan fingerprint density at radius 2 is 1.97 bits per heavy atom. The molecule has 1 aliphatic heterocycles. The summed E-state index contributed by atoms with van der Waals surface area (Å²) in [6, 6.07) is 14.0. The van der Waals surface area contributed by atoms with E-state index in [-0.39, 0.29) is 17.9 Å². The zero-order valence-electron chi connectivity index (χ0n) is 17.8. The molecule has 0 aromatic heterocycles. The second kappa shape index (κ2) is 8.68. The molecule has 2 aliphatic rings. The van der Waals surface area contributed by atoms with Crippen LogP contribution in [-0.2, 0) is 4.79 Å². The molecule has 1 fully saturated rings. The summed E-state index contributed by atoms with van der Waals surface area (Å²) in [5.74, 6) is 0.408. The Morgan fingerprint density at radius 3 is 2.73 bits per heavy atom. The van der Waals surface area contributed by atoms with Crippen LogP contribution in [0.15, 0.2) is 52.3 Å². The second-order valence-corrected chi connectivity index (χ2v) is 9.50. The van der Waals surface area contributed by atoms with Gasteiger partial charge in [0.25, 0.3) is 11.8 Å². The van der Waals surface area contributed by atoms with Crippen LogP contribution in [0.1, 0.15) is 54.1 Å². The van der Waals surface area contributed by atoms with E-state index in [4.69, 9.17) is 0 Å². The van der Waals surface area contributed by atoms with Gasteiger partial charge >= 0.3 is 0 Å². The predicted octanol–water partition coefficient (Wildman–Crippen LogP) is 5.41. The van der Waals surface area contributed by atoms with Crippen molar-refractivity contribution in [2.75, 3.05) is 11.9 Å². The molecule has 1 heterocycles. The highest BCUT2D eigenvalue weighted by atomic mass is 32.2. The zero-order chi connectivity index (χ0) is 21.3. The highest BCUT2D eigenvalue weighted by Gasteiger charge is 2.28. The quantitative estimate of drug-likeness (QED) is 0.675. The number of rotatable bonds is 3. The van der Waals surface area contributed by atoms with E-state index in [1.54, 1.807) is 11.9 Å². The van der Waals surface area contributed by atoms with Crippen LogP contribution in [0.25, 0.3) is 6.08 Å². The van der Waals surface area contributed by atoms with E-state index in [1.165, 1.54) is 31.0 Å². The van der Waals surface area contributed by atoms with Crippen LogP contribution < -0.4 is 10.2 Å². The molecule has 4 rings (SSSR count). The van der Waals surface area contributed by atoms with Crippen molar-refractivity contribution in [3.8, 4) is 0 Å². The Balaban J connectivity index is 1.56. The number of thioether (sulfide) groups is 1. The normalized spacial score (nSPS) is 22.7. The fraction of sp³-hybridized carbons (Fsp3) is 0.360. The van der Waals surface area contributed by atoms with Gasteiger partial charge in [-0.2, -0.15) is 0 Å². The minimum atomic E-state index is -0.0523. The lowest BCUT2D eigenvalue weighted by molar-refractivity contribution is -0.114. The van der Waals surface area contributed by atoms with E-state index in [1.807, 2.05) is 49.4 Å². The van der Waals surface area contributed by atoms with Gasteiger partial charge in [-0.05, 0) is 55.5 Å². The van der Waals surface area contributed by atoms with Crippen LogP contribution in [0.4, 0.5) is 5.69 Å².